The van der Waals surface area contributed by atoms with Gasteiger partial charge in [-0.25, -0.2) is 4.98 Å². The summed E-state index contributed by atoms with van der Waals surface area (Å²) in [4.78, 5) is 22.0. The Balaban J connectivity index is 0.00000341. The summed E-state index contributed by atoms with van der Waals surface area (Å²) in [5.41, 5.74) is 2.78. The normalized spacial score (nSPS) is 10.9. The fourth-order valence-electron chi connectivity index (χ4n) is 3.22. The topological polar surface area (TPSA) is 45.7 Å². The van der Waals surface area contributed by atoms with Gasteiger partial charge < -0.3 is 9.64 Å². The van der Waals surface area contributed by atoms with Crippen LogP contribution in [0.25, 0.3) is 10.2 Å². The second kappa shape index (κ2) is 11.7. The lowest BCUT2D eigenvalue weighted by molar-refractivity contribution is -0.118. The van der Waals surface area contributed by atoms with Gasteiger partial charge in [0.1, 0.15) is 5.75 Å². The molecule has 0 spiro atoms. The number of hydrogen-bond acceptors (Lipinski definition) is 5. The van der Waals surface area contributed by atoms with Crippen LogP contribution in [0, 0.1) is 6.92 Å². The van der Waals surface area contributed by atoms with E-state index in [9.17, 15) is 4.79 Å². The van der Waals surface area contributed by atoms with E-state index in [1.54, 1.807) is 0 Å². The van der Waals surface area contributed by atoms with E-state index < -0.39 is 0 Å². The summed E-state index contributed by atoms with van der Waals surface area (Å²) >= 11 is 7.81. The highest BCUT2D eigenvalue weighted by atomic mass is 35.5. The molecule has 5 nitrogen and oxygen atoms in total. The number of rotatable bonds is 9. The van der Waals surface area contributed by atoms with Gasteiger partial charge in [-0.2, -0.15) is 0 Å². The van der Waals surface area contributed by atoms with Crippen molar-refractivity contribution < 1.29 is 9.53 Å². The highest BCUT2D eigenvalue weighted by molar-refractivity contribution is 7.22. The van der Waals surface area contributed by atoms with Gasteiger partial charge in [0.05, 0.1) is 23.2 Å². The Morgan fingerprint density at radius 2 is 1.84 bits per heavy atom. The summed E-state index contributed by atoms with van der Waals surface area (Å²) in [6, 6.07) is 11.6. The van der Waals surface area contributed by atoms with E-state index in [4.69, 9.17) is 21.3 Å². The summed E-state index contributed by atoms with van der Waals surface area (Å²) in [5, 5.41) is 1.42. The zero-order chi connectivity index (χ0) is 21.7. The van der Waals surface area contributed by atoms with Crippen LogP contribution in [-0.2, 0) is 11.2 Å². The van der Waals surface area contributed by atoms with E-state index in [0.717, 1.165) is 45.2 Å². The molecular formula is C23H29Cl2N3O2S. The van der Waals surface area contributed by atoms with Crippen molar-refractivity contribution in [3.05, 3.63) is 52.5 Å². The maximum absolute atomic E-state index is 13.2. The Kier molecular flexibility index (Phi) is 9.56. The number of fused-ring (bicyclic) bond motifs is 1. The predicted molar refractivity (Wildman–Crippen MR) is 133 cm³/mol. The molecule has 0 saturated carbocycles. The number of thiazole rings is 1. The number of benzene rings is 2. The van der Waals surface area contributed by atoms with Crippen molar-refractivity contribution in [3.8, 4) is 5.75 Å². The molecule has 0 aliphatic rings. The summed E-state index contributed by atoms with van der Waals surface area (Å²) in [5.74, 6) is 0.857. The molecule has 1 amide bonds. The average molecular weight is 482 g/mol. The van der Waals surface area contributed by atoms with E-state index in [0.29, 0.717) is 24.6 Å². The molecule has 0 bridgehead atoms. The first kappa shape index (κ1) is 25.4. The van der Waals surface area contributed by atoms with Crippen molar-refractivity contribution in [1.82, 2.24) is 9.88 Å². The predicted octanol–water partition coefficient (Wildman–Crippen LogP) is 5.61. The van der Waals surface area contributed by atoms with Gasteiger partial charge in [0.15, 0.2) is 5.13 Å². The molecule has 8 heteroatoms. The van der Waals surface area contributed by atoms with Gasteiger partial charge in [0.25, 0.3) is 0 Å². The maximum atomic E-state index is 13.2. The van der Waals surface area contributed by atoms with Crippen LogP contribution < -0.4 is 9.64 Å². The van der Waals surface area contributed by atoms with Crippen LogP contribution in [0.15, 0.2) is 36.4 Å². The van der Waals surface area contributed by atoms with Crippen molar-refractivity contribution in [3.63, 3.8) is 0 Å². The first-order valence-electron chi connectivity index (χ1n) is 10.1. The third-order valence-electron chi connectivity index (χ3n) is 4.85. The number of carbonyl (C=O) groups excluding carboxylic acids is 1. The average Bonchev–Trinajstić information content (AvgIpc) is 3.14. The lowest BCUT2D eigenvalue weighted by Crippen LogP contribution is -2.34. The second-order valence-corrected chi connectivity index (χ2v) is 8.89. The van der Waals surface area contributed by atoms with Gasteiger partial charge in [-0.15, -0.1) is 12.4 Å². The molecule has 3 rings (SSSR count). The highest BCUT2D eigenvalue weighted by Crippen LogP contribution is 2.34. The largest absolute Gasteiger partial charge is 0.494 e. The molecule has 0 unspecified atom stereocenters. The van der Waals surface area contributed by atoms with Gasteiger partial charge in [0.2, 0.25) is 5.91 Å². The van der Waals surface area contributed by atoms with Crippen molar-refractivity contribution in [2.24, 2.45) is 0 Å². The van der Waals surface area contributed by atoms with Crippen LogP contribution in [-0.4, -0.2) is 49.6 Å². The zero-order valence-electron chi connectivity index (χ0n) is 18.4. The van der Waals surface area contributed by atoms with Crippen LogP contribution in [0.1, 0.15) is 24.5 Å². The fraction of sp³-hybridized carbons (Fsp3) is 0.391. The zero-order valence-corrected chi connectivity index (χ0v) is 20.7. The van der Waals surface area contributed by atoms with Crippen LogP contribution in [0.2, 0.25) is 5.02 Å². The lowest BCUT2D eigenvalue weighted by atomic mass is 10.1. The minimum absolute atomic E-state index is 0. The molecule has 1 heterocycles. The number of halogens is 2. The summed E-state index contributed by atoms with van der Waals surface area (Å²) in [6.45, 7) is 6.07. The molecule has 0 radical (unpaired) electrons. The summed E-state index contributed by atoms with van der Waals surface area (Å²) in [6.07, 6.45) is 1.20. The molecule has 1 aromatic heterocycles. The number of aryl methyl sites for hydroxylation is 1. The molecule has 0 atom stereocenters. The monoisotopic (exact) mass is 481 g/mol. The van der Waals surface area contributed by atoms with E-state index in [1.165, 1.54) is 11.3 Å². The molecule has 168 valence electrons. The molecule has 0 fully saturated rings. The van der Waals surface area contributed by atoms with Gasteiger partial charge >= 0.3 is 0 Å². The van der Waals surface area contributed by atoms with Gasteiger partial charge in [-0.3, -0.25) is 9.69 Å². The first-order chi connectivity index (χ1) is 14.4. The SMILES string of the molecule is CCOc1ccc(CC(=O)N(CCCN(C)C)c2nc3c(C)c(Cl)ccc3s2)cc1.Cl. The standard InChI is InChI=1S/C23H28ClN3O2S.ClH/c1-5-29-18-9-7-17(8-10-18)15-21(28)27(14-6-13-26(3)4)23-25-22-16(2)19(24)11-12-20(22)30-23;/h7-12H,5-6,13-15H2,1-4H3;1H. The number of hydrogen-bond donors (Lipinski definition) is 0. The Labute approximate surface area is 199 Å². The Morgan fingerprint density at radius 3 is 2.48 bits per heavy atom. The quantitative estimate of drug-likeness (QED) is 0.398. The molecule has 31 heavy (non-hydrogen) atoms. The molecule has 0 saturated heterocycles. The lowest BCUT2D eigenvalue weighted by Gasteiger charge is -2.21. The fourth-order valence-corrected chi connectivity index (χ4v) is 4.44. The third-order valence-corrected chi connectivity index (χ3v) is 6.30. The smallest absolute Gasteiger partial charge is 0.233 e. The Hall–Kier alpha value is -1.86. The van der Waals surface area contributed by atoms with Gasteiger partial charge in [-0.1, -0.05) is 35.1 Å². The van der Waals surface area contributed by atoms with Crippen LogP contribution in [0.5, 0.6) is 5.75 Å². The van der Waals surface area contributed by atoms with Gasteiger partial charge in [-0.05, 0) is 76.3 Å². The van der Waals surface area contributed by atoms with Crippen LogP contribution >= 0.6 is 35.3 Å². The van der Waals surface area contributed by atoms with Gasteiger partial charge in [0, 0.05) is 11.6 Å². The van der Waals surface area contributed by atoms with Crippen molar-refractivity contribution in [2.45, 2.75) is 26.7 Å². The van der Waals surface area contributed by atoms with Crippen molar-refractivity contribution >= 4 is 56.6 Å². The molecule has 3 aromatic rings. The van der Waals surface area contributed by atoms with Crippen molar-refractivity contribution in [1.29, 1.82) is 0 Å². The molecule has 0 aliphatic carbocycles. The van der Waals surface area contributed by atoms with E-state index in [2.05, 4.69) is 4.90 Å². The number of aromatic nitrogens is 1. The highest BCUT2D eigenvalue weighted by Gasteiger charge is 2.21. The van der Waals surface area contributed by atoms with Crippen LogP contribution in [0.4, 0.5) is 5.13 Å². The number of amides is 1. The van der Waals surface area contributed by atoms with Crippen molar-refractivity contribution in [2.75, 3.05) is 38.7 Å². The minimum atomic E-state index is 0. The number of anilines is 1. The summed E-state index contributed by atoms with van der Waals surface area (Å²) in [7, 11) is 4.07. The summed E-state index contributed by atoms with van der Waals surface area (Å²) < 4.78 is 6.53. The second-order valence-electron chi connectivity index (χ2n) is 7.47. The Bertz CT molecular complexity index is 1010. The third kappa shape index (κ3) is 6.56. The Morgan fingerprint density at radius 1 is 1.13 bits per heavy atom. The number of ether oxygens (including phenoxy) is 1. The minimum Gasteiger partial charge on any atom is -0.494 e. The van der Waals surface area contributed by atoms with E-state index >= 15 is 0 Å². The first-order valence-corrected chi connectivity index (χ1v) is 11.3. The molecule has 0 aliphatic heterocycles. The van der Waals surface area contributed by atoms with E-state index in [-0.39, 0.29) is 18.3 Å². The van der Waals surface area contributed by atoms with E-state index in [1.807, 2.05) is 69.2 Å². The maximum Gasteiger partial charge on any atom is 0.233 e. The molecule has 2 aromatic carbocycles. The number of nitrogens with zero attached hydrogens (tertiary/aromatic N) is 3. The number of carbonyl (C=O) groups is 1. The molecule has 0 N–H and O–H groups in total. The van der Waals surface area contributed by atoms with Crippen LogP contribution in [0.3, 0.4) is 0 Å². The molecular weight excluding hydrogens is 453 g/mol.